The average Bonchev–Trinajstić information content (AvgIpc) is 2.16. The van der Waals surface area contributed by atoms with E-state index in [9.17, 15) is 15.0 Å². The molecule has 0 aromatic heterocycles. The minimum Gasteiger partial charge on any atom is -0.550 e. The van der Waals surface area contributed by atoms with Crippen LogP contribution < -0.4 is 5.11 Å². The number of hydrogen-bond donors (Lipinski definition) is 1. The molecule has 14 heavy (non-hydrogen) atoms. The van der Waals surface area contributed by atoms with Gasteiger partial charge >= 0.3 is 0 Å². The first kappa shape index (κ1) is 9.21. The third-order valence-corrected chi connectivity index (χ3v) is 2.75. The van der Waals surface area contributed by atoms with Crippen molar-refractivity contribution in [2.75, 3.05) is 0 Å². The Morgan fingerprint density at radius 3 is 2.43 bits per heavy atom. The number of carboxylic acid groups (broad SMARTS) is 1. The van der Waals surface area contributed by atoms with Crippen molar-refractivity contribution in [3.8, 4) is 0 Å². The van der Waals surface area contributed by atoms with E-state index in [-0.39, 0.29) is 0 Å². The first-order chi connectivity index (χ1) is 6.68. The summed E-state index contributed by atoms with van der Waals surface area (Å²) < 4.78 is 0. The minimum absolute atomic E-state index is 0.375. The van der Waals surface area contributed by atoms with E-state index in [0.717, 1.165) is 11.1 Å². The second-order valence-electron chi connectivity index (χ2n) is 3.67. The maximum atomic E-state index is 10.7. The van der Waals surface area contributed by atoms with E-state index < -0.39 is 18.0 Å². The fraction of sp³-hybridized carbons (Fsp3) is 0.364. The number of carboxylic acids is 1. The van der Waals surface area contributed by atoms with Crippen LogP contribution in [-0.2, 0) is 17.6 Å². The molecule has 0 unspecified atom stereocenters. The number of rotatable bonds is 1. The van der Waals surface area contributed by atoms with Gasteiger partial charge in [-0.3, -0.25) is 0 Å². The second-order valence-corrected chi connectivity index (χ2v) is 3.67. The summed E-state index contributed by atoms with van der Waals surface area (Å²) >= 11 is 0. The summed E-state index contributed by atoms with van der Waals surface area (Å²) in [7, 11) is 0. The fourth-order valence-corrected chi connectivity index (χ4v) is 1.94. The van der Waals surface area contributed by atoms with E-state index in [1.165, 1.54) is 0 Å². The number of aliphatic hydroxyl groups is 1. The quantitative estimate of drug-likeness (QED) is 0.651. The van der Waals surface area contributed by atoms with Gasteiger partial charge in [-0.25, -0.2) is 0 Å². The number of carbonyl (C=O) groups excluding carboxylic acids is 1. The largest absolute Gasteiger partial charge is 0.550 e. The molecule has 0 heterocycles. The van der Waals surface area contributed by atoms with Crippen LogP contribution in [0.25, 0.3) is 0 Å². The van der Waals surface area contributed by atoms with Gasteiger partial charge in [0, 0.05) is 11.9 Å². The third kappa shape index (κ3) is 1.51. The molecule has 0 aliphatic heterocycles. The van der Waals surface area contributed by atoms with Gasteiger partial charge in [-0.05, 0) is 24.0 Å². The fourth-order valence-electron chi connectivity index (χ4n) is 1.94. The smallest absolute Gasteiger partial charge is 0.0664 e. The molecule has 2 rings (SSSR count). The predicted molar refractivity (Wildman–Crippen MR) is 48.4 cm³/mol. The maximum absolute atomic E-state index is 10.7. The molecule has 1 N–H and O–H groups in total. The lowest BCUT2D eigenvalue weighted by Gasteiger charge is -2.30. The highest BCUT2D eigenvalue weighted by Gasteiger charge is 2.27. The average molecular weight is 191 g/mol. The molecule has 2 atom stereocenters. The summed E-state index contributed by atoms with van der Waals surface area (Å²) in [6, 6.07) is 7.59. The van der Waals surface area contributed by atoms with Gasteiger partial charge in [0.15, 0.2) is 0 Å². The van der Waals surface area contributed by atoms with Crippen LogP contribution in [0.4, 0.5) is 0 Å². The van der Waals surface area contributed by atoms with E-state index in [1.54, 1.807) is 0 Å². The van der Waals surface area contributed by atoms with E-state index >= 15 is 0 Å². The van der Waals surface area contributed by atoms with Gasteiger partial charge < -0.3 is 15.0 Å². The van der Waals surface area contributed by atoms with Crippen molar-refractivity contribution in [2.45, 2.75) is 18.9 Å². The molecular formula is C11H11O3-. The first-order valence-electron chi connectivity index (χ1n) is 4.64. The SMILES string of the molecule is O=C([O-])[C@@H]1Cc2ccccc2C[C@H]1O. The summed E-state index contributed by atoms with van der Waals surface area (Å²) in [5.41, 5.74) is 2.05. The van der Waals surface area contributed by atoms with Crippen LogP contribution in [0.5, 0.6) is 0 Å². The number of aliphatic carboxylic acids is 1. The van der Waals surface area contributed by atoms with Gasteiger partial charge in [-0.1, -0.05) is 24.3 Å². The molecule has 0 bridgehead atoms. The lowest BCUT2D eigenvalue weighted by Crippen LogP contribution is -2.43. The first-order valence-corrected chi connectivity index (χ1v) is 4.64. The zero-order chi connectivity index (χ0) is 10.1. The number of carbonyl (C=O) groups is 1. The molecule has 0 spiro atoms. The summed E-state index contributed by atoms with van der Waals surface area (Å²) in [4.78, 5) is 10.7. The molecule has 0 saturated carbocycles. The zero-order valence-electron chi connectivity index (χ0n) is 7.64. The highest BCUT2D eigenvalue weighted by Crippen LogP contribution is 2.25. The minimum atomic E-state index is -1.16. The van der Waals surface area contributed by atoms with E-state index in [0.29, 0.717) is 12.8 Å². The van der Waals surface area contributed by atoms with E-state index in [2.05, 4.69) is 0 Å². The standard InChI is InChI=1S/C11H12O3/c12-10-6-8-4-2-1-3-7(8)5-9(10)11(13)14/h1-4,9-10,12H,5-6H2,(H,13,14)/p-1/t9-,10-/m1/s1. The van der Waals surface area contributed by atoms with Crippen LogP contribution in [-0.4, -0.2) is 17.2 Å². The Labute approximate surface area is 82.0 Å². The summed E-state index contributed by atoms with van der Waals surface area (Å²) in [6.07, 6.45) is -0.0241. The Morgan fingerprint density at radius 2 is 1.86 bits per heavy atom. The number of fused-ring (bicyclic) bond motifs is 1. The zero-order valence-corrected chi connectivity index (χ0v) is 7.64. The summed E-state index contributed by atoms with van der Waals surface area (Å²) in [6.45, 7) is 0. The molecule has 0 radical (unpaired) electrons. The molecule has 0 saturated heterocycles. The number of benzene rings is 1. The maximum Gasteiger partial charge on any atom is 0.0664 e. The Kier molecular flexibility index (Phi) is 2.25. The molecule has 74 valence electrons. The van der Waals surface area contributed by atoms with Crippen LogP contribution >= 0.6 is 0 Å². The number of hydrogen-bond acceptors (Lipinski definition) is 3. The van der Waals surface area contributed by atoms with Crippen LogP contribution in [0.15, 0.2) is 24.3 Å². The van der Waals surface area contributed by atoms with Gasteiger partial charge in [-0.2, -0.15) is 0 Å². The molecular weight excluding hydrogens is 180 g/mol. The van der Waals surface area contributed by atoms with Crippen LogP contribution in [0.3, 0.4) is 0 Å². The van der Waals surface area contributed by atoms with Crippen molar-refractivity contribution >= 4 is 5.97 Å². The molecule has 3 heteroatoms. The Bertz CT molecular complexity index is 359. The van der Waals surface area contributed by atoms with Crippen LogP contribution in [0.2, 0.25) is 0 Å². The van der Waals surface area contributed by atoms with Gasteiger partial charge in [0.05, 0.1) is 6.10 Å². The normalized spacial score (nSPS) is 25.5. The van der Waals surface area contributed by atoms with Gasteiger partial charge in [0.25, 0.3) is 0 Å². The molecule has 3 nitrogen and oxygen atoms in total. The van der Waals surface area contributed by atoms with Gasteiger partial charge in [0.2, 0.25) is 0 Å². The van der Waals surface area contributed by atoms with Crippen molar-refractivity contribution in [1.29, 1.82) is 0 Å². The molecule has 0 amide bonds. The lowest BCUT2D eigenvalue weighted by atomic mass is 9.82. The highest BCUT2D eigenvalue weighted by atomic mass is 16.4. The Morgan fingerprint density at radius 1 is 1.29 bits per heavy atom. The highest BCUT2D eigenvalue weighted by molar-refractivity contribution is 5.69. The summed E-state index contributed by atoms with van der Waals surface area (Å²) in [5, 5.41) is 20.3. The van der Waals surface area contributed by atoms with Gasteiger partial charge in [-0.15, -0.1) is 0 Å². The molecule has 1 aromatic rings. The van der Waals surface area contributed by atoms with Gasteiger partial charge in [0.1, 0.15) is 0 Å². The van der Waals surface area contributed by atoms with E-state index in [4.69, 9.17) is 0 Å². The van der Waals surface area contributed by atoms with Crippen molar-refractivity contribution in [2.24, 2.45) is 5.92 Å². The van der Waals surface area contributed by atoms with Crippen molar-refractivity contribution in [1.82, 2.24) is 0 Å². The molecule has 1 aromatic carbocycles. The topological polar surface area (TPSA) is 60.4 Å². The van der Waals surface area contributed by atoms with Crippen molar-refractivity contribution < 1.29 is 15.0 Å². The monoisotopic (exact) mass is 191 g/mol. The summed E-state index contributed by atoms with van der Waals surface area (Å²) in [5.74, 6) is -1.92. The molecule has 1 aliphatic carbocycles. The van der Waals surface area contributed by atoms with E-state index in [1.807, 2.05) is 24.3 Å². The number of aliphatic hydroxyl groups excluding tert-OH is 1. The third-order valence-electron chi connectivity index (χ3n) is 2.75. The molecule has 1 aliphatic rings. The Hall–Kier alpha value is -1.35. The van der Waals surface area contributed by atoms with Crippen molar-refractivity contribution in [3.63, 3.8) is 0 Å². The van der Waals surface area contributed by atoms with Crippen LogP contribution in [0.1, 0.15) is 11.1 Å². The van der Waals surface area contributed by atoms with Crippen molar-refractivity contribution in [3.05, 3.63) is 35.4 Å². The Balaban J connectivity index is 2.31. The van der Waals surface area contributed by atoms with Crippen LogP contribution in [0, 0.1) is 5.92 Å². The molecule has 0 fully saturated rings. The predicted octanol–water partition coefficient (Wildman–Crippen LogP) is -0.488. The second kappa shape index (κ2) is 3.42. The lowest BCUT2D eigenvalue weighted by molar-refractivity contribution is -0.314.